The number of rotatable bonds is 4. The third kappa shape index (κ3) is 3.40. The quantitative estimate of drug-likeness (QED) is 0.873. The molecule has 2 rings (SSSR count). The van der Waals surface area contributed by atoms with Crippen LogP contribution >= 0.6 is 0 Å². The fraction of sp³-hybridized carbons (Fsp3) is 0.133. The van der Waals surface area contributed by atoms with E-state index in [0.717, 1.165) is 11.1 Å². The van der Waals surface area contributed by atoms with Crippen molar-refractivity contribution < 1.29 is 4.79 Å². The summed E-state index contributed by atoms with van der Waals surface area (Å²) >= 11 is 0. The number of nitrogens with one attached hydrogen (secondary N) is 1. The Balaban J connectivity index is 1.95. The topological polar surface area (TPSA) is 91.8 Å². The van der Waals surface area contributed by atoms with E-state index in [9.17, 15) is 4.79 Å². The van der Waals surface area contributed by atoms with Gasteiger partial charge in [-0.2, -0.15) is 5.26 Å². The Morgan fingerprint density at radius 3 is 2.45 bits per heavy atom. The molecule has 3 N–H and O–H groups in total. The van der Waals surface area contributed by atoms with E-state index in [1.54, 1.807) is 6.07 Å². The Labute approximate surface area is 117 Å². The average Bonchev–Trinajstić information content (AvgIpc) is 2.53. The highest BCUT2D eigenvalue weighted by atomic mass is 16.1. The highest BCUT2D eigenvalue weighted by molar-refractivity contribution is 5.92. The van der Waals surface area contributed by atoms with Gasteiger partial charge in [-0.15, -0.1) is 0 Å². The molecule has 0 aliphatic heterocycles. The number of nitrogens with two attached hydrogens (primary N) is 1. The molecule has 0 aliphatic rings. The first kappa shape index (κ1) is 13.7. The van der Waals surface area contributed by atoms with Gasteiger partial charge in [0.25, 0.3) is 5.91 Å². The monoisotopic (exact) mass is 266 g/mol. The number of aromatic nitrogens is 1. The van der Waals surface area contributed by atoms with Crippen LogP contribution in [0.2, 0.25) is 0 Å². The molecule has 1 aromatic heterocycles. The summed E-state index contributed by atoms with van der Waals surface area (Å²) in [6.07, 6.45) is 1.38. The summed E-state index contributed by atoms with van der Waals surface area (Å²) in [7, 11) is 0. The molecule has 0 saturated heterocycles. The number of carbonyl (C=O) groups excluding carboxylic acids is 1. The van der Waals surface area contributed by atoms with Crippen LogP contribution in [0, 0.1) is 11.3 Å². The maximum Gasteiger partial charge on any atom is 0.270 e. The second-order valence-corrected chi connectivity index (χ2v) is 4.25. The van der Waals surface area contributed by atoms with Crippen molar-refractivity contribution in [3.63, 3.8) is 0 Å². The third-order valence-corrected chi connectivity index (χ3v) is 2.84. The molecule has 0 atom stereocenters. The summed E-state index contributed by atoms with van der Waals surface area (Å²) in [5.74, 6) is -0.266. The number of hydrogen-bond donors (Lipinski definition) is 2. The zero-order chi connectivity index (χ0) is 14.4. The SMILES string of the molecule is N#Cc1ccc(C(=O)NCc2ccc(CN)cc2)nc1. The zero-order valence-electron chi connectivity index (χ0n) is 10.8. The minimum atomic E-state index is -0.266. The zero-order valence-corrected chi connectivity index (χ0v) is 10.8. The van der Waals surface area contributed by atoms with Gasteiger partial charge in [-0.05, 0) is 23.3 Å². The second kappa shape index (κ2) is 6.45. The number of nitrogens with zero attached hydrogens (tertiary/aromatic N) is 2. The summed E-state index contributed by atoms with van der Waals surface area (Å²) < 4.78 is 0. The highest BCUT2D eigenvalue weighted by Gasteiger charge is 2.06. The van der Waals surface area contributed by atoms with E-state index in [-0.39, 0.29) is 5.91 Å². The van der Waals surface area contributed by atoms with Gasteiger partial charge in [-0.25, -0.2) is 4.98 Å². The molecule has 5 nitrogen and oxygen atoms in total. The van der Waals surface area contributed by atoms with Gasteiger partial charge in [0.1, 0.15) is 11.8 Å². The minimum absolute atomic E-state index is 0.266. The fourth-order valence-electron chi connectivity index (χ4n) is 1.66. The Kier molecular flexibility index (Phi) is 4.43. The molecule has 1 heterocycles. The van der Waals surface area contributed by atoms with Crippen molar-refractivity contribution in [2.75, 3.05) is 0 Å². The highest BCUT2D eigenvalue weighted by Crippen LogP contribution is 2.04. The number of pyridine rings is 1. The van der Waals surface area contributed by atoms with Gasteiger partial charge in [0, 0.05) is 19.3 Å². The molecule has 1 aromatic carbocycles. The van der Waals surface area contributed by atoms with Crippen molar-refractivity contribution in [2.24, 2.45) is 5.73 Å². The number of nitriles is 1. The van der Waals surface area contributed by atoms with Crippen LogP contribution in [-0.4, -0.2) is 10.9 Å². The van der Waals surface area contributed by atoms with E-state index in [0.29, 0.717) is 24.3 Å². The van der Waals surface area contributed by atoms with Gasteiger partial charge in [0.15, 0.2) is 0 Å². The molecular formula is C15H14N4O. The van der Waals surface area contributed by atoms with Crippen LogP contribution in [0.4, 0.5) is 0 Å². The van der Waals surface area contributed by atoms with Crippen molar-refractivity contribution in [1.82, 2.24) is 10.3 Å². The summed E-state index contributed by atoms with van der Waals surface area (Å²) in [5, 5.41) is 11.4. The van der Waals surface area contributed by atoms with Crippen LogP contribution in [0.1, 0.15) is 27.2 Å². The molecule has 0 spiro atoms. The van der Waals surface area contributed by atoms with Crippen molar-refractivity contribution in [3.05, 3.63) is 65.0 Å². The molecule has 100 valence electrons. The van der Waals surface area contributed by atoms with Gasteiger partial charge < -0.3 is 11.1 Å². The number of hydrogen-bond acceptors (Lipinski definition) is 4. The Morgan fingerprint density at radius 2 is 1.90 bits per heavy atom. The van der Waals surface area contributed by atoms with Crippen LogP contribution in [0.5, 0.6) is 0 Å². The summed E-state index contributed by atoms with van der Waals surface area (Å²) in [6.45, 7) is 0.924. The average molecular weight is 266 g/mol. The van der Waals surface area contributed by atoms with E-state index in [1.165, 1.54) is 12.3 Å². The van der Waals surface area contributed by atoms with E-state index >= 15 is 0 Å². The molecule has 0 radical (unpaired) electrons. The molecule has 1 amide bonds. The molecule has 0 bridgehead atoms. The predicted molar refractivity (Wildman–Crippen MR) is 74.5 cm³/mol. The van der Waals surface area contributed by atoms with Gasteiger partial charge in [0.2, 0.25) is 0 Å². The Bertz CT molecular complexity index is 626. The largest absolute Gasteiger partial charge is 0.347 e. The van der Waals surface area contributed by atoms with Gasteiger partial charge in [-0.3, -0.25) is 4.79 Å². The van der Waals surface area contributed by atoms with E-state index in [1.807, 2.05) is 30.3 Å². The molecule has 5 heteroatoms. The lowest BCUT2D eigenvalue weighted by molar-refractivity contribution is 0.0946. The van der Waals surface area contributed by atoms with Gasteiger partial charge >= 0.3 is 0 Å². The van der Waals surface area contributed by atoms with E-state index < -0.39 is 0 Å². The second-order valence-electron chi connectivity index (χ2n) is 4.25. The number of carbonyl (C=O) groups is 1. The van der Waals surface area contributed by atoms with Crippen molar-refractivity contribution in [3.8, 4) is 6.07 Å². The van der Waals surface area contributed by atoms with Crippen LogP contribution in [0.3, 0.4) is 0 Å². The van der Waals surface area contributed by atoms with E-state index in [2.05, 4.69) is 10.3 Å². The predicted octanol–water partition coefficient (Wildman–Crippen LogP) is 1.34. The third-order valence-electron chi connectivity index (χ3n) is 2.84. The van der Waals surface area contributed by atoms with Crippen molar-refractivity contribution in [2.45, 2.75) is 13.1 Å². The summed E-state index contributed by atoms with van der Waals surface area (Å²) in [5.41, 5.74) is 8.28. The van der Waals surface area contributed by atoms with Crippen LogP contribution < -0.4 is 11.1 Å². The van der Waals surface area contributed by atoms with Crippen molar-refractivity contribution >= 4 is 5.91 Å². The van der Waals surface area contributed by atoms with Gasteiger partial charge in [-0.1, -0.05) is 24.3 Å². The maximum atomic E-state index is 11.9. The molecule has 2 aromatic rings. The molecule has 0 aliphatic carbocycles. The lowest BCUT2D eigenvalue weighted by Crippen LogP contribution is -2.23. The first-order chi connectivity index (χ1) is 9.72. The lowest BCUT2D eigenvalue weighted by Gasteiger charge is -2.05. The van der Waals surface area contributed by atoms with Crippen LogP contribution in [0.15, 0.2) is 42.6 Å². The summed E-state index contributed by atoms with van der Waals surface area (Å²) in [6, 6.07) is 12.8. The molecule has 20 heavy (non-hydrogen) atoms. The first-order valence-corrected chi connectivity index (χ1v) is 6.15. The fourth-order valence-corrected chi connectivity index (χ4v) is 1.66. The summed E-state index contributed by atoms with van der Waals surface area (Å²) in [4.78, 5) is 15.8. The smallest absolute Gasteiger partial charge is 0.270 e. The molecular weight excluding hydrogens is 252 g/mol. The number of benzene rings is 1. The van der Waals surface area contributed by atoms with E-state index in [4.69, 9.17) is 11.0 Å². The van der Waals surface area contributed by atoms with Gasteiger partial charge in [0.05, 0.1) is 5.56 Å². The normalized spacial score (nSPS) is 9.80. The minimum Gasteiger partial charge on any atom is -0.347 e. The molecule has 0 unspecified atom stereocenters. The molecule has 0 saturated carbocycles. The standard InChI is InChI=1S/C15H14N4O/c16-7-11-1-3-12(4-2-11)9-19-15(20)14-6-5-13(8-17)10-18-14/h1-6,10H,7,9,16H2,(H,19,20). The molecule has 0 fully saturated rings. The maximum absolute atomic E-state index is 11.9. The van der Waals surface area contributed by atoms with Crippen LogP contribution in [-0.2, 0) is 13.1 Å². The first-order valence-electron chi connectivity index (χ1n) is 6.15. The van der Waals surface area contributed by atoms with Crippen LogP contribution in [0.25, 0.3) is 0 Å². The van der Waals surface area contributed by atoms with Crippen molar-refractivity contribution in [1.29, 1.82) is 5.26 Å². The Morgan fingerprint density at radius 1 is 1.20 bits per heavy atom. The number of amides is 1. The Hall–Kier alpha value is -2.71. The lowest BCUT2D eigenvalue weighted by atomic mass is 10.1.